The Balaban J connectivity index is 2.26. The van der Waals surface area contributed by atoms with Crippen LogP contribution in [0.15, 0.2) is 9.27 Å². The zero-order valence-electron chi connectivity index (χ0n) is 11.4. The van der Waals surface area contributed by atoms with Gasteiger partial charge in [-0.1, -0.05) is 0 Å². The number of aromatic amines is 1. The Morgan fingerprint density at radius 3 is 2.64 bits per heavy atom. The van der Waals surface area contributed by atoms with Crippen molar-refractivity contribution in [1.82, 2.24) is 9.97 Å². The van der Waals surface area contributed by atoms with Gasteiger partial charge in [0, 0.05) is 0 Å². The van der Waals surface area contributed by atoms with Crippen molar-refractivity contribution < 1.29 is 29.9 Å². The number of aliphatic hydroxyl groups is 4. The summed E-state index contributed by atoms with van der Waals surface area (Å²) in [5, 5.41) is 41.1. The Morgan fingerprint density at radius 1 is 1.36 bits per heavy atom. The molecule has 1 aliphatic rings. The number of ether oxygens (including phenoxy) is 2. The predicted octanol–water partition coefficient (Wildman–Crippen LogP) is -2.25. The number of aromatic nitrogens is 2. The molecule has 1 fully saturated rings. The molecule has 1 aliphatic heterocycles. The van der Waals surface area contributed by atoms with Gasteiger partial charge in [-0.05, 0) is 15.9 Å². The number of halogens is 1. The summed E-state index contributed by atoms with van der Waals surface area (Å²) >= 11 is 3.03. The van der Waals surface area contributed by atoms with E-state index in [0.29, 0.717) is 0 Å². The van der Waals surface area contributed by atoms with E-state index in [2.05, 4.69) is 31.2 Å². The van der Waals surface area contributed by atoms with Gasteiger partial charge in [-0.25, -0.2) is 0 Å². The van der Waals surface area contributed by atoms with Crippen LogP contribution >= 0.6 is 15.9 Å². The summed E-state index contributed by atoms with van der Waals surface area (Å²) in [6.45, 7) is -0.559. The van der Waals surface area contributed by atoms with E-state index >= 15 is 0 Å². The van der Waals surface area contributed by atoms with Crippen LogP contribution in [0.3, 0.4) is 0 Å². The number of methoxy groups -OCH3 is 1. The maximum atomic E-state index is 11.7. The summed E-state index contributed by atoms with van der Waals surface area (Å²) in [4.78, 5) is 18.0. The molecule has 0 radical (unpaired) electrons. The molecule has 10 nitrogen and oxygen atoms in total. The van der Waals surface area contributed by atoms with Crippen molar-refractivity contribution in [2.24, 2.45) is 0 Å². The van der Waals surface area contributed by atoms with E-state index < -0.39 is 42.8 Å². The highest BCUT2D eigenvalue weighted by Gasteiger charge is 2.43. The largest absolute Gasteiger partial charge is 0.468 e. The fraction of sp³-hybridized carbons (Fsp3) is 0.636. The molecule has 0 aliphatic carbocycles. The predicted molar refractivity (Wildman–Crippen MR) is 76.5 cm³/mol. The number of rotatable bonds is 4. The minimum absolute atomic E-state index is 0.00456. The van der Waals surface area contributed by atoms with Crippen LogP contribution in [0, 0.1) is 0 Å². The average molecular weight is 382 g/mol. The van der Waals surface area contributed by atoms with Gasteiger partial charge in [0.05, 0.1) is 13.7 Å². The Labute approximate surface area is 132 Å². The van der Waals surface area contributed by atoms with E-state index in [-0.39, 0.29) is 16.3 Å². The second kappa shape index (κ2) is 6.89. The number of H-pyrrole nitrogens is 1. The molecule has 0 spiro atoms. The molecular formula is C11H16BrN3O7. The van der Waals surface area contributed by atoms with Crippen molar-refractivity contribution in [3.63, 3.8) is 0 Å². The summed E-state index contributed by atoms with van der Waals surface area (Å²) < 4.78 is 10.1. The Kier molecular flexibility index (Phi) is 5.36. The van der Waals surface area contributed by atoms with Crippen molar-refractivity contribution >= 4 is 21.7 Å². The molecular weight excluding hydrogens is 366 g/mol. The monoisotopic (exact) mass is 381 g/mol. The van der Waals surface area contributed by atoms with Crippen LogP contribution in [0.25, 0.3) is 0 Å². The van der Waals surface area contributed by atoms with Gasteiger partial charge in [-0.15, -0.1) is 0 Å². The highest BCUT2D eigenvalue weighted by atomic mass is 79.9. The molecule has 0 unspecified atom stereocenters. The molecule has 2 rings (SSSR count). The van der Waals surface area contributed by atoms with E-state index in [1.807, 2.05) is 0 Å². The number of hydrogen-bond donors (Lipinski definition) is 6. The molecule has 1 aromatic heterocycles. The number of hydrogen-bond acceptors (Lipinski definition) is 9. The van der Waals surface area contributed by atoms with Gasteiger partial charge >= 0.3 is 0 Å². The SMILES string of the molecule is COc1nc(N[C@@H]2O[C@@H](CO)[C@@H](O)[C@@H](O)[C@@H]2O)c(Br)c(=O)[nH]1. The van der Waals surface area contributed by atoms with Crippen molar-refractivity contribution in [2.45, 2.75) is 30.6 Å². The lowest BCUT2D eigenvalue weighted by Crippen LogP contribution is -2.60. The third-order valence-electron chi connectivity index (χ3n) is 3.21. The Hall–Kier alpha value is -1.24. The lowest BCUT2D eigenvalue weighted by molar-refractivity contribution is -0.221. The van der Waals surface area contributed by atoms with Crippen LogP contribution in [-0.4, -0.2) is 74.8 Å². The molecule has 5 atom stereocenters. The molecule has 22 heavy (non-hydrogen) atoms. The number of aliphatic hydroxyl groups excluding tert-OH is 4. The molecule has 2 heterocycles. The van der Waals surface area contributed by atoms with Crippen molar-refractivity contribution in [1.29, 1.82) is 0 Å². The lowest BCUT2D eigenvalue weighted by atomic mass is 9.98. The number of anilines is 1. The summed E-state index contributed by atoms with van der Waals surface area (Å²) in [5.74, 6) is 0.00456. The van der Waals surface area contributed by atoms with Crippen LogP contribution in [0.5, 0.6) is 6.01 Å². The quantitative estimate of drug-likeness (QED) is 0.339. The molecule has 1 saturated heterocycles. The summed E-state index contributed by atoms with van der Waals surface area (Å²) in [7, 11) is 1.31. The minimum Gasteiger partial charge on any atom is -0.468 e. The molecule has 11 heteroatoms. The first-order valence-corrected chi connectivity index (χ1v) is 7.09. The van der Waals surface area contributed by atoms with E-state index in [1.165, 1.54) is 7.11 Å². The van der Waals surface area contributed by atoms with Crippen molar-refractivity contribution in [3.05, 3.63) is 14.8 Å². The van der Waals surface area contributed by atoms with Gasteiger partial charge in [0.1, 0.15) is 28.9 Å². The summed E-state index contributed by atoms with van der Waals surface area (Å²) in [6, 6.07) is -0.0692. The van der Waals surface area contributed by atoms with Crippen LogP contribution in [0.1, 0.15) is 0 Å². The minimum atomic E-state index is -1.54. The Bertz CT molecular complexity index is 581. The van der Waals surface area contributed by atoms with Crippen molar-refractivity contribution in [3.8, 4) is 6.01 Å². The summed E-state index contributed by atoms with van der Waals surface area (Å²) in [5.41, 5.74) is -0.529. The number of nitrogens with zero attached hydrogens (tertiary/aromatic N) is 1. The average Bonchev–Trinajstić information content (AvgIpc) is 2.51. The van der Waals surface area contributed by atoms with Crippen LogP contribution in [0.4, 0.5) is 5.82 Å². The molecule has 0 saturated carbocycles. The van der Waals surface area contributed by atoms with Gasteiger partial charge in [0.2, 0.25) is 0 Å². The molecule has 1 aromatic rings. The Morgan fingerprint density at radius 2 is 2.05 bits per heavy atom. The van der Waals surface area contributed by atoms with Crippen molar-refractivity contribution in [2.75, 3.05) is 19.0 Å². The van der Waals surface area contributed by atoms with Gasteiger partial charge < -0.3 is 35.2 Å². The highest BCUT2D eigenvalue weighted by molar-refractivity contribution is 9.10. The normalized spacial score (nSPS) is 31.8. The third kappa shape index (κ3) is 3.24. The van der Waals surface area contributed by atoms with Crippen LogP contribution in [0.2, 0.25) is 0 Å². The molecule has 6 N–H and O–H groups in total. The van der Waals surface area contributed by atoms with Gasteiger partial charge in [0.25, 0.3) is 11.6 Å². The van der Waals surface area contributed by atoms with Crippen LogP contribution in [-0.2, 0) is 4.74 Å². The lowest BCUT2D eigenvalue weighted by Gasteiger charge is -2.40. The van der Waals surface area contributed by atoms with Gasteiger partial charge in [-0.3, -0.25) is 9.78 Å². The topological polar surface area (TPSA) is 157 Å². The number of nitrogens with one attached hydrogen (secondary N) is 2. The first kappa shape index (κ1) is 17.1. The highest BCUT2D eigenvalue weighted by Crippen LogP contribution is 2.25. The first-order chi connectivity index (χ1) is 10.4. The van der Waals surface area contributed by atoms with Gasteiger partial charge in [0.15, 0.2) is 12.0 Å². The van der Waals surface area contributed by atoms with E-state index in [9.17, 15) is 20.1 Å². The standard InChI is InChI=1S/C11H16BrN3O7/c1-21-11-14-8(4(12)9(20)15-11)13-10-7(19)6(18)5(17)3(2-16)22-10/h3,5-7,10,16-19H,2H2,1H3,(H2,13,14,15,20)/t3-,5+,6+,7-,10+/m0/s1. The second-order valence-corrected chi connectivity index (χ2v) is 5.42. The molecule has 0 aromatic carbocycles. The second-order valence-electron chi connectivity index (χ2n) is 4.63. The molecule has 0 bridgehead atoms. The molecule has 124 valence electrons. The summed E-state index contributed by atoms with van der Waals surface area (Å²) in [6.07, 6.45) is -6.78. The zero-order chi connectivity index (χ0) is 16.4. The molecule has 0 amide bonds. The van der Waals surface area contributed by atoms with Gasteiger partial charge in [-0.2, -0.15) is 4.98 Å². The van der Waals surface area contributed by atoms with E-state index in [0.717, 1.165) is 0 Å². The fourth-order valence-corrected chi connectivity index (χ4v) is 2.29. The third-order valence-corrected chi connectivity index (χ3v) is 3.94. The van der Waals surface area contributed by atoms with E-state index in [1.54, 1.807) is 0 Å². The first-order valence-electron chi connectivity index (χ1n) is 6.30. The maximum Gasteiger partial charge on any atom is 0.298 e. The fourth-order valence-electron chi connectivity index (χ4n) is 1.99. The van der Waals surface area contributed by atoms with Crippen LogP contribution < -0.4 is 15.6 Å². The van der Waals surface area contributed by atoms with E-state index in [4.69, 9.17) is 14.6 Å². The smallest absolute Gasteiger partial charge is 0.298 e. The maximum absolute atomic E-state index is 11.7. The zero-order valence-corrected chi connectivity index (χ0v) is 13.0.